The number of aryl methyl sites for hydroxylation is 1. The van der Waals surface area contributed by atoms with E-state index in [9.17, 15) is 5.11 Å². The molecule has 6 rings (SSSR count). The molecule has 2 saturated carbocycles. The maximum atomic E-state index is 12.4. The summed E-state index contributed by atoms with van der Waals surface area (Å²) in [6, 6.07) is 4.76. The van der Waals surface area contributed by atoms with Crippen molar-refractivity contribution in [1.29, 1.82) is 0 Å². The van der Waals surface area contributed by atoms with Gasteiger partial charge in [0.05, 0.1) is 17.1 Å². The van der Waals surface area contributed by atoms with Gasteiger partial charge in [0, 0.05) is 24.8 Å². The van der Waals surface area contributed by atoms with Crippen LogP contribution in [0.4, 0.5) is 0 Å². The normalized spacial score (nSPS) is 40.3. The summed E-state index contributed by atoms with van der Waals surface area (Å²) < 4.78 is 13.1. The predicted octanol–water partition coefficient (Wildman–Crippen LogP) is 3.74. The lowest BCUT2D eigenvalue weighted by molar-refractivity contribution is -0.216. The molecule has 5 aliphatic rings. The Morgan fingerprint density at radius 2 is 2.10 bits per heavy atom. The predicted molar refractivity (Wildman–Crippen MR) is 113 cm³/mol. The Labute approximate surface area is 174 Å². The van der Waals surface area contributed by atoms with E-state index in [1.165, 1.54) is 42.5 Å². The van der Waals surface area contributed by atoms with Gasteiger partial charge in [-0.1, -0.05) is 25.5 Å². The molecule has 0 amide bonds. The topological polar surface area (TPSA) is 41.9 Å². The van der Waals surface area contributed by atoms with Gasteiger partial charge in [0.2, 0.25) is 0 Å². The summed E-state index contributed by atoms with van der Waals surface area (Å²) in [4.78, 5) is 2.65. The Hall–Kier alpha value is -1.10. The molecule has 0 radical (unpaired) electrons. The van der Waals surface area contributed by atoms with Crippen molar-refractivity contribution in [2.75, 3.05) is 19.7 Å². The third-order valence-electron chi connectivity index (χ3n) is 8.99. The summed E-state index contributed by atoms with van der Waals surface area (Å²) in [5.74, 6) is 1.89. The van der Waals surface area contributed by atoms with Gasteiger partial charge >= 0.3 is 0 Å². The fourth-order valence-corrected chi connectivity index (χ4v) is 7.40. The minimum absolute atomic E-state index is 0.0451. The first-order valence-corrected chi connectivity index (χ1v) is 12.0. The van der Waals surface area contributed by atoms with Gasteiger partial charge < -0.3 is 14.6 Å². The molecule has 1 spiro atoms. The van der Waals surface area contributed by atoms with Crippen LogP contribution in [0, 0.1) is 12.8 Å². The van der Waals surface area contributed by atoms with Crippen molar-refractivity contribution in [2.24, 2.45) is 5.92 Å². The van der Waals surface area contributed by atoms with Crippen molar-refractivity contribution in [3.05, 3.63) is 28.8 Å². The quantitative estimate of drug-likeness (QED) is 0.822. The number of piperidine rings is 1. The highest BCUT2D eigenvalue weighted by atomic mass is 16.5. The molecule has 3 aliphatic carbocycles. The number of ether oxygens (including phenoxy) is 2. The first-order chi connectivity index (χ1) is 14.1. The monoisotopic (exact) mass is 397 g/mol. The average Bonchev–Trinajstić information content (AvgIpc) is 3.03. The molecule has 2 bridgehead atoms. The van der Waals surface area contributed by atoms with Crippen LogP contribution in [0.2, 0.25) is 0 Å². The van der Waals surface area contributed by atoms with E-state index in [4.69, 9.17) is 9.47 Å². The van der Waals surface area contributed by atoms with Crippen molar-refractivity contribution in [1.82, 2.24) is 4.90 Å². The van der Waals surface area contributed by atoms with E-state index < -0.39 is 5.60 Å². The number of aliphatic hydroxyl groups is 1. The van der Waals surface area contributed by atoms with Crippen LogP contribution in [0.3, 0.4) is 0 Å². The van der Waals surface area contributed by atoms with Gasteiger partial charge in [-0.05, 0) is 75.5 Å². The third-order valence-corrected chi connectivity index (χ3v) is 8.99. The number of hydrogen-bond acceptors (Lipinski definition) is 4. The van der Waals surface area contributed by atoms with Crippen molar-refractivity contribution in [3.63, 3.8) is 0 Å². The molecule has 158 valence electrons. The Kier molecular flexibility index (Phi) is 4.15. The van der Waals surface area contributed by atoms with Crippen molar-refractivity contribution < 1.29 is 14.6 Å². The molecule has 4 heteroatoms. The van der Waals surface area contributed by atoms with Crippen LogP contribution in [-0.4, -0.2) is 53.6 Å². The molecule has 5 atom stereocenters. The first kappa shape index (κ1) is 18.7. The van der Waals surface area contributed by atoms with Gasteiger partial charge in [-0.2, -0.15) is 0 Å². The lowest BCUT2D eigenvalue weighted by Crippen LogP contribution is -2.77. The largest absolute Gasteiger partial charge is 0.486 e. The highest BCUT2D eigenvalue weighted by Crippen LogP contribution is 2.64. The molecule has 0 aromatic heterocycles. The SMILES string of the molecule is CCCOC1CC[C@@]2(O)[C@H]3Cc4ccc(C)c5c4[C@@]2(CCN3CC2CCC2)C1O5. The van der Waals surface area contributed by atoms with Crippen LogP contribution in [0.25, 0.3) is 0 Å². The molecule has 3 fully saturated rings. The molecule has 29 heavy (non-hydrogen) atoms. The van der Waals surface area contributed by atoms with Crippen LogP contribution in [0.1, 0.15) is 68.6 Å². The molecule has 2 aliphatic heterocycles. The molecule has 2 unspecified atom stereocenters. The molecule has 4 nitrogen and oxygen atoms in total. The molecular formula is C25H35NO3. The van der Waals surface area contributed by atoms with E-state index in [0.717, 1.165) is 56.9 Å². The van der Waals surface area contributed by atoms with Crippen LogP contribution >= 0.6 is 0 Å². The zero-order chi connectivity index (χ0) is 19.8. The van der Waals surface area contributed by atoms with E-state index in [1.54, 1.807) is 0 Å². The average molecular weight is 398 g/mol. The van der Waals surface area contributed by atoms with Gasteiger partial charge in [0.1, 0.15) is 11.9 Å². The van der Waals surface area contributed by atoms with E-state index >= 15 is 0 Å². The number of rotatable bonds is 5. The summed E-state index contributed by atoms with van der Waals surface area (Å²) in [7, 11) is 0. The Bertz CT molecular complexity index is 821. The summed E-state index contributed by atoms with van der Waals surface area (Å²) in [6.45, 7) is 7.34. The molecule has 1 aromatic carbocycles. The lowest BCUT2D eigenvalue weighted by Gasteiger charge is -2.64. The lowest BCUT2D eigenvalue weighted by atomic mass is 9.48. The standard InChI is InChI=1S/C25H35NO3/c1-3-13-28-19-9-10-25(27)20-14-18-8-7-16(2)22-21(18)24(25,23(19)29-22)11-12-26(20)15-17-5-4-6-17/h7-8,17,19-20,23,27H,3-6,9-15H2,1-2H3/t19?,20-,23?,24+,25-/m1/s1. The summed E-state index contributed by atoms with van der Waals surface area (Å²) in [5, 5.41) is 12.4. The van der Waals surface area contributed by atoms with Crippen molar-refractivity contribution in [3.8, 4) is 5.75 Å². The van der Waals surface area contributed by atoms with E-state index in [2.05, 4.69) is 30.9 Å². The van der Waals surface area contributed by atoms with Crippen LogP contribution in [0.5, 0.6) is 5.75 Å². The van der Waals surface area contributed by atoms with Crippen molar-refractivity contribution in [2.45, 2.75) is 94.5 Å². The number of likely N-dealkylation sites (tertiary alicyclic amines) is 1. The van der Waals surface area contributed by atoms with E-state index in [1.807, 2.05) is 0 Å². The second-order valence-electron chi connectivity index (χ2n) is 10.4. The zero-order valence-electron chi connectivity index (χ0n) is 18.0. The van der Waals surface area contributed by atoms with E-state index in [-0.39, 0.29) is 23.7 Å². The maximum Gasteiger partial charge on any atom is 0.137 e. The van der Waals surface area contributed by atoms with Crippen LogP contribution < -0.4 is 4.74 Å². The highest BCUT2D eigenvalue weighted by molar-refractivity contribution is 5.60. The second kappa shape index (κ2) is 6.45. The van der Waals surface area contributed by atoms with Gasteiger partial charge in [-0.25, -0.2) is 0 Å². The fourth-order valence-electron chi connectivity index (χ4n) is 7.40. The molecule has 2 heterocycles. The summed E-state index contributed by atoms with van der Waals surface area (Å²) >= 11 is 0. The Balaban J connectivity index is 1.46. The summed E-state index contributed by atoms with van der Waals surface area (Å²) in [5.41, 5.74) is 2.97. The van der Waals surface area contributed by atoms with Gasteiger partial charge in [-0.3, -0.25) is 4.90 Å². The third kappa shape index (κ3) is 2.31. The first-order valence-electron chi connectivity index (χ1n) is 12.0. The van der Waals surface area contributed by atoms with Gasteiger partial charge in [0.15, 0.2) is 0 Å². The Morgan fingerprint density at radius 1 is 1.24 bits per heavy atom. The van der Waals surface area contributed by atoms with Crippen LogP contribution in [0.15, 0.2) is 12.1 Å². The molecule has 1 aromatic rings. The molecular weight excluding hydrogens is 362 g/mol. The van der Waals surface area contributed by atoms with Crippen molar-refractivity contribution >= 4 is 0 Å². The second-order valence-corrected chi connectivity index (χ2v) is 10.4. The highest BCUT2D eigenvalue weighted by Gasteiger charge is 2.72. The van der Waals surface area contributed by atoms with Gasteiger partial charge in [0.25, 0.3) is 0 Å². The summed E-state index contributed by atoms with van der Waals surface area (Å²) in [6.07, 6.45) is 8.88. The smallest absolute Gasteiger partial charge is 0.137 e. The van der Waals surface area contributed by atoms with Crippen LogP contribution in [-0.2, 0) is 16.6 Å². The number of nitrogens with zero attached hydrogens (tertiary/aromatic N) is 1. The molecule has 1 saturated heterocycles. The zero-order valence-corrected chi connectivity index (χ0v) is 18.0. The number of hydrogen-bond donors (Lipinski definition) is 1. The number of benzene rings is 1. The Morgan fingerprint density at radius 3 is 2.86 bits per heavy atom. The fraction of sp³-hybridized carbons (Fsp3) is 0.760. The minimum Gasteiger partial charge on any atom is -0.486 e. The maximum absolute atomic E-state index is 12.4. The van der Waals surface area contributed by atoms with Gasteiger partial charge in [-0.15, -0.1) is 0 Å². The molecule has 1 N–H and O–H groups in total. The minimum atomic E-state index is -0.697. The van der Waals surface area contributed by atoms with E-state index in [0.29, 0.717) is 0 Å².